The molecule has 1 atom stereocenters. The summed E-state index contributed by atoms with van der Waals surface area (Å²) < 4.78 is 5.88. The summed E-state index contributed by atoms with van der Waals surface area (Å²) in [5.74, 6) is 3.39. The zero-order chi connectivity index (χ0) is 20.2. The van der Waals surface area contributed by atoms with E-state index < -0.39 is 0 Å². The van der Waals surface area contributed by atoms with E-state index in [0.29, 0.717) is 12.5 Å². The van der Waals surface area contributed by atoms with Crippen molar-refractivity contribution in [1.82, 2.24) is 4.90 Å². The third-order valence-corrected chi connectivity index (χ3v) is 5.14. The summed E-state index contributed by atoms with van der Waals surface area (Å²) in [6, 6.07) is 8.24. The Morgan fingerprint density at radius 1 is 1.25 bits per heavy atom. The number of rotatable bonds is 10. The summed E-state index contributed by atoms with van der Waals surface area (Å²) in [6.07, 6.45) is 7.06. The van der Waals surface area contributed by atoms with Crippen molar-refractivity contribution in [2.24, 2.45) is 22.6 Å². The SMILES string of the molecule is CC(C)CCCCOc1ccc(NC(=NCCCN)N2CCCC(C)C2)cc1. The predicted molar refractivity (Wildman–Crippen MR) is 120 cm³/mol. The fourth-order valence-corrected chi connectivity index (χ4v) is 3.48. The molecule has 1 aromatic rings. The highest BCUT2D eigenvalue weighted by Gasteiger charge is 2.19. The smallest absolute Gasteiger partial charge is 0.198 e. The molecule has 0 aromatic heterocycles. The van der Waals surface area contributed by atoms with Crippen molar-refractivity contribution < 1.29 is 4.74 Å². The average molecular weight is 389 g/mol. The fraction of sp³-hybridized carbons (Fsp3) is 0.696. The van der Waals surface area contributed by atoms with E-state index in [0.717, 1.165) is 62.4 Å². The number of likely N-dealkylation sites (tertiary alicyclic amines) is 1. The number of anilines is 1. The predicted octanol–water partition coefficient (Wildman–Crippen LogP) is 4.74. The second kappa shape index (κ2) is 12.7. The average Bonchev–Trinajstić information content (AvgIpc) is 2.68. The van der Waals surface area contributed by atoms with Crippen molar-refractivity contribution >= 4 is 11.6 Å². The van der Waals surface area contributed by atoms with Crippen molar-refractivity contribution in [2.45, 2.75) is 59.3 Å². The largest absolute Gasteiger partial charge is 0.494 e. The summed E-state index contributed by atoms with van der Waals surface area (Å²) in [6.45, 7) is 11.2. The molecule has 5 heteroatoms. The Hall–Kier alpha value is -1.75. The number of nitrogens with one attached hydrogen (secondary N) is 1. The van der Waals surface area contributed by atoms with Crippen LogP contribution >= 0.6 is 0 Å². The highest BCUT2D eigenvalue weighted by molar-refractivity contribution is 5.93. The molecule has 0 amide bonds. The van der Waals surface area contributed by atoms with Crippen LogP contribution in [0, 0.1) is 11.8 Å². The van der Waals surface area contributed by atoms with E-state index >= 15 is 0 Å². The van der Waals surface area contributed by atoms with Gasteiger partial charge < -0.3 is 20.7 Å². The van der Waals surface area contributed by atoms with E-state index in [4.69, 9.17) is 15.5 Å². The number of hydrogen-bond acceptors (Lipinski definition) is 3. The van der Waals surface area contributed by atoms with Crippen LogP contribution in [-0.2, 0) is 0 Å². The van der Waals surface area contributed by atoms with E-state index in [2.05, 4.69) is 43.1 Å². The van der Waals surface area contributed by atoms with Crippen molar-refractivity contribution in [2.75, 3.05) is 38.1 Å². The Bertz CT molecular complexity index is 570. The standard InChI is InChI=1S/C23H40N4O/c1-19(2)8-4-5-17-28-22-12-10-21(11-13-22)26-23(25-15-7-14-24)27-16-6-9-20(3)18-27/h10-13,19-20H,4-9,14-18,24H2,1-3H3,(H,25,26). The van der Waals surface area contributed by atoms with Gasteiger partial charge in [0.25, 0.3) is 0 Å². The van der Waals surface area contributed by atoms with Crippen molar-refractivity contribution in [1.29, 1.82) is 0 Å². The number of unbranched alkanes of at least 4 members (excludes halogenated alkanes) is 1. The Balaban J connectivity index is 1.87. The van der Waals surface area contributed by atoms with Gasteiger partial charge in [-0.2, -0.15) is 0 Å². The van der Waals surface area contributed by atoms with E-state index in [1.54, 1.807) is 0 Å². The van der Waals surface area contributed by atoms with Gasteiger partial charge in [-0.05, 0) is 74.8 Å². The molecule has 0 radical (unpaired) electrons. The Morgan fingerprint density at radius 3 is 2.71 bits per heavy atom. The first-order chi connectivity index (χ1) is 13.6. The Morgan fingerprint density at radius 2 is 2.04 bits per heavy atom. The summed E-state index contributed by atoms with van der Waals surface area (Å²) in [4.78, 5) is 7.17. The molecule has 0 saturated carbocycles. The quantitative estimate of drug-likeness (QED) is 0.345. The van der Waals surface area contributed by atoms with E-state index in [1.165, 1.54) is 25.7 Å². The fourth-order valence-electron chi connectivity index (χ4n) is 3.48. The minimum absolute atomic E-state index is 0.677. The number of nitrogens with zero attached hydrogens (tertiary/aromatic N) is 2. The molecule has 0 aliphatic carbocycles. The second-order valence-electron chi connectivity index (χ2n) is 8.43. The monoisotopic (exact) mass is 388 g/mol. The van der Waals surface area contributed by atoms with Gasteiger partial charge in [-0.3, -0.25) is 4.99 Å². The summed E-state index contributed by atoms with van der Waals surface area (Å²) in [5, 5.41) is 3.52. The van der Waals surface area contributed by atoms with Crippen molar-refractivity contribution in [3.63, 3.8) is 0 Å². The Kier molecular flexibility index (Phi) is 10.2. The summed E-state index contributed by atoms with van der Waals surface area (Å²) in [7, 11) is 0. The summed E-state index contributed by atoms with van der Waals surface area (Å²) >= 11 is 0. The zero-order valence-electron chi connectivity index (χ0n) is 18.1. The van der Waals surface area contributed by atoms with Crippen LogP contribution in [0.4, 0.5) is 5.69 Å². The van der Waals surface area contributed by atoms with E-state index in [9.17, 15) is 0 Å². The van der Waals surface area contributed by atoms with Gasteiger partial charge in [-0.15, -0.1) is 0 Å². The Labute approximate surface area is 171 Å². The van der Waals surface area contributed by atoms with Crippen LogP contribution < -0.4 is 15.8 Å². The van der Waals surface area contributed by atoms with E-state index in [1.807, 2.05) is 12.1 Å². The summed E-state index contributed by atoms with van der Waals surface area (Å²) in [5.41, 5.74) is 6.69. The topological polar surface area (TPSA) is 62.9 Å². The molecular formula is C23H40N4O. The molecular weight excluding hydrogens is 348 g/mol. The van der Waals surface area contributed by atoms with Crippen LogP contribution in [0.25, 0.3) is 0 Å². The first-order valence-electron chi connectivity index (χ1n) is 11.1. The minimum Gasteiger partial charge on any atom is -0.494 e. The first-order valence-corrected chi connectivity index (χ1v) is 11.1. The molecule has 1 fully saturated rings. The molecule has 0 spiro atoms. The molecule has 1 aliphatic rings. The van der Waals surface area contributed by atoms with Gasteiger partial charge in [0.1, 0.15) is 5.75 Å². The number of benzene rings is 1. The molecule has 5 nitrogen and oxygen atoms in total. The van der Waals surface area contributed by atoms with E-state index in [-0.39, 0.29) is 0 Å². The van der Waals surface area contributed by atoms with Gasteiger partial charge >= 0.3 is 0 Å². The molecule has 28 heavy (non-hydrogen) atoms. The third-order valence-electron chi connectivity index (χ3n) is 5.14. The first kappa shape index (κ1) is 22.5. The molecule has 1 aliphatic heterocycles. The van der Waals surface area contributed by atoms with Crippen LogP contribution in [0.2, 0.25) is 0 Å². The van der Waals surface area contributed by atoms with Gasteiger partial charge in [-0.25, -0.2) is 0 Å². The maximum Gasteiger partial charge on any atom is 0.198 e. The molecule has 3 N–H and O–H groups in total. The highest BCUT2D eigenvalue weighted by Crippen LogP contribution is 2.20. The number of piperidine rings is 1. The number of ether oxygens (including phenoxy) is 1. The zero-order valence-corrected chi connectivity index (χ0v) is 18.1. The number of hydrogen-bond donors (Lipinski definition) is 2. The lowest BCUT2D eigenvalue weighted by molar-refractivity contribution is 0.272. The number of aliphatic imine (C=N–C) groups is 1. The van der Waals surface area contributed by atoms with Gasteiger partial charge in [0, 0.05) is 25.3 Å². The molecule has 2 rings (SSSR count). The van der Waals surface area contributed by atoms with Crippen molar-refractivity contribution in [3.05, 3.63) is 24.3 Å². The van der Waals surface area contributed by atoms with Gasteiger partial charge in [0.05, 0.1) is 6.61 Å². The van der Waals surface area contributed by atoms with Gasteiger partial charge in [0.15, 0.2) is 5.96 Å². The second-order valence-corrected chi connectivity index (χ2v) is 8.43. The maximum atomic E-state index is 5.88. The molecule has 1 aromatic carbocycles. The lowest BCUT2D eigenvalue weighted by Gasteiger charge is -2.33. The molecule has 158 valence electrons. The third kappa shape index (κ3) is 8.51. The molecule has 1 saturated heterocycles. The molecule has 1 heterocycles. The van der Waals surface area contributed by atoms with Crippen LogP contribution in [0.15, 0.2) is 29.3 Å². The van der Waals surface area contributed by atoms with Gasteiger partial charge in [0.2, 0.25) is 0 Å². The van der Waals surface area contributed by atoms with Crippen LogP contribution in [0.3, 0.4) is 0 Å². The van der Waals surface area contributed by atoms with Crippen LogP contribution in [0.5, 0.6) is 5.75 Å². The molecule has 1 unspecified atom stereocenters. The van der Waals surface area contributed by atoms with Crippen molar-refractivity contribution in [3.8, 4) is 5.75 Å². The highest BCUT2D eigenvalue weighted by atomic mass is 16.5. The minimum atomic E-state index is 0.677. The molecule has 0 bridgehead atoms. The van der Waals surface area contributed by atoms with Crippen LogP contribution in [-0.4, -0.2) is 43.6 Å². The lowest BCUT2D eigenvalue weighted by Crippen LogP contribution is -2.43. The normalized spacial score (nSPS) is 17.8. The van der Waals surface area contributed by atoms with Crippen LogP contribution in [0.1, 0.15) is 59.3 Å². The number of nitrogens with two attached hydrogens (primary N) is 1. The number of guanidine groups is 1. The lowest BCUT2D eigenvalue weighted by atomic mass is 10.0. The van der Waals surface area contributed by atoms with Gasteiger partial charge in [-0.1, -0.05) is 27.2 Å². The maximum absolute atomic E-state index is 5.88.